The molecule has 0 aliphatic heterocycles. The monoisotopic (exact) mass is 250 g/mol. The summed E-state index contributed by atoms with van der Waals surface area (Å²) in [7, 11) is 1.61. The van der Waals surface area contributed by atoms with E-state index in [4.69, 9.17) is 14.6 Å². The molecule has 1 rings (SSSR count). The summed E-state index contributed by atoms with van der Waals surface area (Å²) in [5, 5.41) is 9.13. The minimum atomic E-state index is -0.914. The Kier molecular flexibility index (Phi) is 5.39. The topological polar surface area (TPSA) is 55.8 Å². The molecule has 98 valence electrons. The van der Waals surface area contributed by atoms with E-state index in [0.29, 0.717) is 30.1 Å². The van der Waals surface area contributed by atoms with Crippen LogP contribution in [0.2, 0.25) is 0 Å². The SMILES string of the molecule is COCCOc1ccc(C(C(=O)O)=C(C)C)cc1. The Bertz CT molecular complexity index is 428. The molecular weight excluding hydrogens is 232 g/mol. The number of benzene rings is 1. The molecule has 0 bridgehead atoms. The Labute approximate surface area is 107 Å². The normalized spacial score (nSPS) is 9.94. The molecule has 0 saturated heterocycles. The van der Waals surface area contributed by atoms with Crippen molar-refractivity contribution < 1.29 is 19.4 Å². The van der Waals surface area contributed by atoms with Crippen molar-refractivity contribution >= 4 is 11.5 Å². The third-order valence-electron chi connectivity index (χ3n) is 2.41. The van der Waals surface area contributed by atoms with Crippen molar-refractivity contribution in [2.45, 2.75) is 13.8 Å². The molecule has 0 heterocycles. The van der Waals surface area contributed by atoms with Gasteiger partial charge in [-0.1, -0.05) is 17.7 Å². The first-order valence-corrected chi connectivity index (χ1v) is 5.69. The van der Waals surface area contributed by atoms with Gasteiger partial charge in [-0.2, -0.15) is 0 Å². The molecule has 1 aromatic rings. The van der Waals surface area contributed by atoms with Gasteiger partial charge in [0.1, 0.15) is 12.4 Å². The van der Waals surface area contributed by atoms with Crippen molar-refractivity contribution in [2.75, 3.05) is 20.3 Å². The van der Waals surface area contributed by atoms with Gasteiger partial charge in [0.25, 0.3) is 0 Å². The number of aliphatic carboxylic acids is 1. The van der Waals surface area contributed by atoms with Gasteiger partial charge in [-0.05, 0) is 31.5 Å². The lowest BCUT2D eigenvalue weighted by atomic mass is 10.0. The summed E-state index contributed by atoms with van der Waals surface area (Å²) in [5.74, 6) is -0.211. The lowest BCUT2D eigenvalue weighted by Gasteiger charge is -2.08. The number of hydrogen-bond donors (Lipinski definition) is 1. The second kappa shape index (κ2) is 6.81. The molecule has 0 aliphatic carbocycles. The zero-order chi connectivity index (χ0) is 13.5. The van der Waals surface area contributed by atoms with Crippen LogP contribution in [0, 0.1) is 0 Å². The molecule has 1 aromatic carbocycles. The number of allylic oxidation sites excluding steroid dienone is 1. The van der Waals surface area contributed by atoms with Crippen molar-refractivity contribution in [3.8, 4) is 5.75 Å². The molecule has 0 aliphatic rings. The molecule has 0 saturated carbocycles. The number of carboxylic acid groups (broad SMARTS) is 1. The number of ether oxygens (including phenoxy) is 2. The van der Waals surface area contributed by atoms with Gasteiger partial charge in [0, 0.05) is 7.11 Å². The highest BCUT2D eigenvalue weighted by Gasteiger charge is 2.11. The fourth-order valence-electron chi connectivity index (χ4n) is 1.59. The maximum Gasteiger partial charge on any atom is 0.336 e. The summed E-state index contributed by atoms with van der Waals surface area (Å²) >= 11 is 0. The molecule has 0 radical (unpaired) electrons. The second-order valence-corrected chi connectivity index (χ2v) is 4.05. The number of carboxylic acids is 1. The van der Waals surface area contributed by atoms with Crippen molar-refractivity contribution in [1.82, 2.24) is 0 Å². The highest BCUT2D eigenvalue weighted by atomic mass is 16.5. The average molecular weight is 250 g/mol. The maximum atomic E-state index is 11.1. The van der Waals surface area contributed by atoms with Gasteiger partial charge in [0.15, 0.2) is 0 Å². The quantitative estimate of drug-likeness (QED) is 0.622. The zero-order valence-electron chi connectivity index (χ0n) is 10.9. The molecule has 4 nitrogen and oxygen atoms in total. The molecule has 0 aromatic heterocycles. The Balaban J connectivity index is 2.82. The Morgan fingerprint density at radius 1 is 1.17 bits per heavy atom. The van der Waals surface area contributed by atoms with Gasteiger partial charge < -0.3 is 14.6 Å². The van der Waals surface area contributed by atoms with Gasteiger partial charge in [0.2, 0.25) is 0 Å². The Hall–Kier alpha value is -1.81. The highest BCUT2D eigenvalue weighted by molar-refractivity contribution is 6.16. The third kappa shape index (κ3) is 3.89. The van der Waals surface area contributed by atoms with E-state index in [1.807, 2.05) is 0 Å². The molecule has 1 N–H and O–H groups in total. The number of rotatable bonds is 6. The predicted molar refractivity (Wildman–Crippen MR) is 69.7 cm³/mol. The largest absolute Gasteiger partial charge is 0.491 e. The first kappa shape index (κ1) is 14.3. The van der Waals surface area contributed by atoms with Crippen LogP contribution in [0.1, 0.15) is 19.4 Å². The van der Waals surface area contributed by atoms with E-state index < -0.39 is 5.97 Å². The second-order valence-electron chi connectivity index (χ2n) is 4.05. The zero-order valence-corrected chi connectivity index (χ0v) is 10.9. The van der Waals surface area contributed by atoms with Crippen molar-refractivity contribution in [1.29, 1.82) is 0 Å². The Morgan fingerprint density at radius 2 is 1.78 bits per heavy atom. The molecule has 0 atom stereocenters. The third-order valence-corrected chi connectivity index (χ3v) is 2.41. The van der Waals surface area contributed by atoms with Crippen molar-refractivity contribution in [2.24, 2.45) is 0 Å². The lowest BCUT2D eigenvalue weighted by Crippen LogP contribution is -2.05. The summed E-state index contributed by atoms with van der Waals surface area (Å²) in [6.07, 6.45) is 0. The first-order chi connectivity index (χ1) is 8.56. The van der Waals surface area contributed by atoms with Crippen molar-refractivity contribution in [3.63, 3.8) is 0 Å². The van der Waals surface area contributed by atoms with E-state index in [0.717, 1.165) is 5.57 Å². The molecule has 0 spiro atoms. The number of carbonyl (C=O) groups is 1. The molecule has 18 heavy (non-hydrogen) atoms. The fourth-order valence-corrected chi connectivity index (χ4v) is 1.59. The molecular formula is C14H18O4. The van der Waals surface area contributed by atoms with Crippen LogP contribution in [-0.2, 0) is 9.53 Å². The van der Waals surface area contributed by atoms with E-state index in [2.05, 4.69) is 0 Å². The van der Waals surface area contributed by atoms with Crippen LogP contribution in [0.4, 0.5) is 0 Å². The van der Waals surface area contributed by atoms with E-state index in [-0.39, 0.29) is 0 Å². The fraction of sp³-hybridized carbons (Fsp3) is 0.357. The summed E-state index contributed by atoms with van der Waals surface area (Å²) in [5.41, 5.74) is 1.79. The van der Waals surface area contributed by atoms with Crippen LogP contribution >= 0.6 is 0 Å². The van der Waals surface area contributed by atoms with Crippen LogP contribution in [-0.4, -0.2) is 31.4 Å². The van der Waals surface area contributed by atoms with Crippen LogP contribution < -0.4 is 4.74 Å². The summed E-state index contributed by atoms with van der Waals surface area (Å²) < 4.78 is 10.3. The summed E-state index contributed by atoms with van der Waals surface area (Å²) in [6, 6.07) is 7.02. The summed E-state index contributed by atoms with van der Waals surface area (Å²) in [4.78, 5) is 11.1. The molecule has 0 unspecified atom stereocenters. The van der Waals surface area contributed by atoms with Crippen LogP contribution in [0.5, 0.6) is 5.75 Å². The molecule has 4 heteroatoms. The average Bonchev–Trinajstić information content (AvgIpc) is 2.30. The van der Waals surface area contributed by atoms with E-state index >= 15 is 0 Å². The Morgan fingerprint density at radius 3 is 2.22 bits per heavy atom. The molecule has 0 fully saturated rings. The van der Waals surface area contributed by atoms with Crippen LogP contribution in [0.15, 0.2) is 29.8 Å². The van der Waals surface area contributed by atoms with E-state index in [9.17, 15) is 4.79 Å². The van der Waals surface area contributed by atoms with Crippen LogP contribution in [0.25, 0.3) is 5.57 Å². The standard InChI is InChI=1S/C14H18O4/c1-10(2)13(14(15)16)11-4-6-12(7-5-11)18-9-8-17-3/h4-7H,8-9H2,1-3H3,(H,15,16). The maximum absolute atomic E-state index is 11.1. The highest BCUT2D eigenvalue weighted by Crippen LogP contribution is 2.21. The van der Waals surface area contributed by atoms with Gasteiger partial charge in [-0.15, -0.1) is 0 Å². The van der Waals surface area contributed by atoms with Gasteiger partial charge >= 0.3 is 5.97 Å². The number of methoxy groups -OCH3 is 1. The van der Waals surface area contributed by atoms with E-state index in [1.165, 1.54) is 0 Å². The predicted octanol–water partition coefficient (Wildman–Crippen LogP) is 2.59. The van der Waals surface area contributed by atoms with Gasteiger partial charge in [-0.25, -0.2) is 4.79 Å². The lowest BCUT2D eigenvalue weighted by molar-refractivity contribution is -0.130. The summed E-state index contributed by atoms with van der Waals surface area (Å²) in [6.45, 7) is 4.57. The van der Waals surface area contributed by atoms with Gasteiger partial charge in [0.05, 0.1) is 12.2 Å². The minimum Gasteiger partial charge on any atom is -0.491 e. The van der Waals surface area contributed by atoms with Crippen molar-refractivity contribution in [3.05, 3.63) is 35.4 Å². The molecule has 0 amide bonds. The van der Waals surface area contributed by atoms with Gasteiger partial charge in [-0.3, -0.25) is 0 Å². The van der Waals surface area contributed by atoms with E-state index in [1.54, 1.807) is 45.2 Å². The number of hydrogen-bond acceptors (Lipinski definition) is 3. The minimum absolute atomic E-state index is 0.332. The smallest absolute Gasteiger partial charge is 0.336 e. The first-order valence-electron chi connectivity index (χ1n) is 5.69. The van der Waals surface area contributed by atoms with Crippen LogP contribution in [0.3, 0.4) is 0 Å².